The lowest BCUT2D eigenvalue weighted by atomic mass is 9.80. The largest absolute Gasteiger partial charge is 0.461 e. The van der Waals surface area contributed by atoms with Crippen LogP contribution in [0.3, 0.4) is 0 Å². The van der Waals surface area contributed by atoms with Gasteiger partial charge in [0.05, 0.1) is 11.2 Å². The summed E-state index contributed by atoms with van der Waals surface area (Å²) in [5, 5.41) is 0.293. The monoisotopic (exact) mass is 326 g/mol. The molecule has 1 saturated heterocycles. The molecule has 2 rings (SSSR count). The Morgan fingerprint density at radius 1 is 1.09 bits per heavy atom. The topological polar surface area (TPSA) is 27.7 Å². The van der Waals surface area contributed by atoms with E-state index in [1.54, 1.807) is 0 Å². The second-order valence-corrected chi connectivity index (χ2v) is 14.5. The molecule has 0 aromatic heterocycles. The summed E-state index contributed by atoms with van der Waals surface area (Å²) in [6.07, 6.45) is 2.36. The number of hydrogen-bond donors (Lipinski definition) is 0. The molecule has 1 aliphatic carbocycles. The third kappa shape index (κ3) is 3.63. The first-order valence-electron chi connectivity index (χ1n) is 8.76. The van der Waals surface area contributed by atoms with E-state index < -0.39 is 8.32 Å². The molecule has 2 atom stereocenters. The molecule has 1 unspecified atom stereocenters. The summed E-state index contributed by atoms with van der Waals surface area (Å²) in [7, 11) is -1.63. The van der Waals surface area contributed by atoms with Gasteiger partial charge in [0.2, 0.25) is 0 Å². The van der Waals surface area contributed by atoms with Crippen LogP contribution in [-0.2, 0) is 13.7 Å². The van der Waals surface area contributed by atoms with Crippen LogP contribution < -0.4 is 0 Å². The van der Waals surface area contributed by atoms with E-state index in [0.717, 1.165) is 13.0 Å². The second-order valence-electron chi connectivity index (χ2n) is 9.68. The van der Waals surface area contributed by atoms with Crippen molar-refractivity contribution in [2.75, 3.05) is 6.61 Å². The van der Waals surface area contributed by atoms with Crippen molar-refractivity contribution < 1.29 is 13.7 Å². The van der Waals surface area contributed by atoms with Crippen LogP contribution in [0.15, 0.2) is 0 Å². The van der Waals surface area contributed by atoms with Gasteiger partial charge in [-0.1, -0.05) is 20.8 Å². The van der Waals surface area contributed by atoms with Crippen LogP contribution >= 0.6 is 0 Å². The molecule has 2 fully saturated rings. The van der Waals surface area contributed by atoms with Gasteiger partial charge in [0.1, 0.15) is 0 Å². The minimum atomic E-state index is -1.61. The Bertz CT molecular complexity index is 399. The average molecular weight is 326 g/mol. The maximum Gasteiger partial charge on any atom is 0.461 e. The highest BCUT2D eigenvalue weighted by Gasteiger charge is 2.59. The van der Waals surface area contributed by atoms with E-state index in [1.165, 1.54) is 6.42 Å². The minimum absolute atomic E-state index is 0.0251. The van der Waals surface area contributed by atoms with Crippen molar-refractivity contribution in [2.45, 2.75) is 96.5 Å². The van der Waals surface area contributed by atoms with Crippen LogP contribution in [0.5, 0.6) is 0 Å². The lowest BCUT2D eigenvalue weighted by Gasteiger charge is -2.36. The molecule has 0 bridgehead atoms. The molecule has 22 heavy (non-hydrogen) atoms. The molecule has 3 nitrogen and oxygen atoms in total. The highest BCUT2D eigenvalue weighted by molar-refractivity contribution is 6.74. The van der Waals surface area contributed by atoms with Crippen molar-refractivity contribution in [2.24, 2.45) is 5.92 Å². The Balaban J connectivity index is 1.76. The van der Waals surface area contributed by atoms with E-state index >= 15 is 0 Å². The van der Waals surface area contributed by atoms with Gasteiger partial charge in [-0.3, -0.25) is 0 Å². The summed E-state index contributed by atoms with van der Waals surface area (Å²) in [6, 6.07) is 0. The third-order valence-electron chi connectivity index (χ3n) is 6.36. The fraction of sp³-hybridized carbons (Fsp3) is 1.00. The van der Waals surface area contributed by atoms with Crippen LogP contribution in [0.4, 0.5) is 0 Å². The molecular formula is C17H35BO3Si. The molecule has 1 saturated carbocycles. The lowest BCUT2D eigenvalue weighted by molar-refractivity contribution is 0.00578. The smallest absolute Gasteiger partial charge is 0.417 e. The molecule has 2 aliphatic rings. The molecule has 1 heterocycles. The average Bonchev–Trinajstić information content (AvgIpc) is 3.00. The Morgan fingerprint density at radius 2 is 1.59 bits per heavy atom. The van der Waals surface area contributed by atoms with E-state index in [-0.39, 0.29) is 18.3 Å². The Morgan fingerprint density at radius 3 is 2.05 bits per heavy atom. The van der Waals surface area contributed by atoms with Crippen LogP contribution in [-0.4, -0.2) is 33.2 Å². The summed E-state index contributed by atoms with van der Waals surface area (Å²) < 4.78 is 18.6. The van der Waals surface area contributed by atoms with E-state index in [1.807, 2.05) is 0 Å². The van der Waals surface area contributed by atoms with Gasteiger partial charge in [-0.2, -0.15) is 0 Å². The molecule has 1 aliphatic heterocycles. The molecule has 0 amide bonds. The van der Waals surface area contributed by atoms with E-state index in [4.69, 9.17) is 13.7 Å². The molecule has 0 aromatic carbocycles. The maximum atomic E-state index is 6.29. The molecule has 0 spiro atoms. The molecule has 5 heteroatoms. The first-order chi connectivity index (χ1) is 9.77. The summed E-state index contributed by atoms with van der Waals surface area (Å²) in [5.74, 6) is 1.27. The van der Waals surface area contributed by atoms with E-state index in [9.17, 15) is 0 Å². The van der Waals surface area contributed by atoms with Gasteiger partial charge in [0.25, 0.3) is 0 Å². The van der Waals surface area contributed by atoms with Gasteiger partial charge < -0.3 is 13.7 Å². The molecular weight excluding hydrogens is 291 g/mol. The van der Waals surface area contributed by atoms with Gasteiger partial charge in [-0.25, -0.2) is 0 Å². The fourth-order valence-corrected chi connectivity index (χ4v) is 3.74. The molecule has 128 valence electrons. The van der Waals surface area contributed by atoms with Crippen LogP contribution in [0.2, 0.25) is 23.9 Å². The van der Waals surface area contributed by atoms with Gasteiger partial charge in [0, 0.05) is 6.61 Å². The normalized spacial score (nSPS) is 30.7. The zero-order chi connectivity index (χ0) is 17.0. The van der Waals surface area contributed by atoms with Crippen molar-refractivity contribution in [3.05, 3.63) is 0 Å². The zero-order valence-corrected chi connectivity index (χ0v) is 17.1. The van der Waals surface area contributed by atoms with Crippen molar-refractivity contribution in [1.82, 2.24) is 0 Å². The fourth-order valence-electron chi connectivity index (χ4n) is 2.68. The van der Waals surface area contributed by atoms with Crippen LogP contribution in [0, 0.1) is 5.92 Å². The van der Waals surface area contributed by atoms with Crippen molar-refractivity contribution in [3.8, 4) is 0 Å². The predicted molar refractivity (Wildman–Crippen MR) is 95.7 cm³/mol. The predicted octanol–water partition coefficient (Wildman–Crippen LogP) is 4.88. The van der Waals surface area contributed by atoms with Gasteiger partial charge in [-0.15, -0.1) is 0 Å². The van der Waals surface area contributed by atoms with E-state index in [2.05, 4.69) is 61.6 Å². The zero-order valence-electron chi connectivity index (χ0n) is 16.1. The van der Waals surface area contributed by atoms with Crippen molar-refractivity contribution in [3.63, 3.8) is 0 Å². The first-order valence-corrected chi connectivity index (χ1v) is 11.7. The Kier molecular flexibility index (Phi) is 4.72. The van der Waals surface area contributed by atoms with Crippen LogP contribution in [0.1, 0.15) is 61.3 Å². The van der Waals surface area contributed by atoms with E-state index in [0.29, 0.717) is 16.8 Å². The van der Waals surface area contributed by atoms with Gasteiger partial charge >= 0.3 is 7.12 Å². The molecule has 0 radical (unpaired) electrons. The summed E-state index contributed by atoms with van der Waals surface area (Å²) in [5.41, 5.74) is -0.412. The summed E-state index contributed by atoms with van der Waals surface area (Å²) >= 11 is 0. The Hall–Kier alpha value is 0.162. The maximum absolute atomic E-state index is 6.29. The van der Waals surface area contributed by atoms with Gasteiger partial charge in [-0.05, 0) is 70.4 Å². The second kappa shape index (κ2) is 5.61. The SMILES string of the molecule is CC1(C)OB(C2C[C@H]2CCO[Si](C)(C)C(C)(C)C)OC1(C)C. The quantitative estimate of drug-likeness (QED) is 0.674. The number of rotatable bonds is 5. The minimum Gasteiger partial charge on any atom is -0.417 e. The third-order valence-corrected chi connectivity index (χ3v) is 10.9. The van der Waals surface area contributed by atoms with Crippen molar-refractivity contribution in [1.29, 1.82) is 0 Å². The van der Waals surface area contributed by atoms with Crippen molar-refractivity contribution >= 4 is 15.4 Å². The first kappa shape index (κ1) is 18.5. The summed E-state index contributed by atoms with van der Waals surface area (Å²) in [6.45, 7) is 20.9. The van der Waals surface area contributed by atoms with Crippen LogP contribution in [0.25, 0.3) is 0 Å². The van der Waals surface area contributed by atoms with Gasteiger partial charge in [0.15, 0.2) is 8.32 Å². The highest BCUT2D eigenvalue weighted by atomic mass is 28.4. The standard InChI is InChI=1S/C17H35BO3Si/c1-15(2,3)22(8,9)19-11-10-13-12-14(13)18-20-16(4,5)17(6,7)21-18/h13-14H,10-12H2,1-9H3/t13-,14?/m1/s1. The Labute approximate surface area is 138 Å². The number of hydrogen-bond acceptors (Lipinski definition) is 3. The highest BCUT2D eigenvalue weighted by Crippen LogP contribution is 2.54. The molecule has 0 aromatic rings. The lowest BCUT2D eigenvalue weighted by Crippen LogP contribution is -2.41. The molecule has 0 N–H and O–H groups in total. The summed E-state index contributed by atoms with van der Waals surface area (Å²) in [4.78, 5) is 0.